The monoisotopic (exact) mass is 315 g/mol. The lowest BCUT2D eigenvalue weighted by Gasteiger charge is -2.22. The Morgan fingerprint density at radius 2 is 2.22 bits per heavy atom. The summed E-state index contributed by atoms with van der Waals surface area (Å²) in [5, 5.41) is 6.34. The Labute approximate surface area is 137 Å². The van der Waals surface area contributed by atoms with E-state index in [9.17, 15) is 4.79 Å². The van der Waals surface area contributed by atoms with Crippen LogP contribution in [0.1, 0.15) is 31.1 Å². The van der Waals surface area contributed by atoms with Gasteiger partial charge in [-0.25, -0.2) is 0 Å². The highest BCUT2D eigenvalue weighted by Gasteiger charge is 2.32. The molecule has 1 aromatic rings. The second-order valence-electron chi connectivity index (χ2n) is 6.83. The van der Waals surface area contributed by atoms with Gasteiger partial charge in [-0.3, -0.25) is 9.69 Å². The van der Waals surface area contributed by atoms with Gasteiger partial charge in [0.25, 0.3) is 5.91 Å². The fourth-order valence-electron chi connectivity index (χ4n) is 3.14. The number of benzene rings is 1. The number of anilines is 1. The number of carbonyl (C=O) groups is 1. The van der Waals surface area contributed by atoms with E-state index < -0.39 is 0 Å². The number of hydrogen-bond donors (Lipinski definition) is 2. The summed E-state index contributed by atoms with van der Waals surface area (Å²) >= 11 is 0. The molecule has 3 rings (SSSR count). The number of ether oxygens (including phenoxy) is 1. The van der Waals surface area contributed by atoms with Crippen molar-refractivity contribution in [2.45, 2.75) is 32.9 Å². The second kappa shape index (κ2) is 6.24. The predicted molar refractivity (Wildman–Crippen MR) is 91.8 cm³/mol. The summed E-state index contributed by atoms with van der Waals surface area (Å²) in [5.74, 6) is 1.12. The molecular formula is C18H25N3O2. The van der Waals surface area contributed by atoms with Crippen LogP contribution in [0, 0.1) is 5.92 Å². The minimum Gasteiger partial charge on any atom is -0.485 e. The highest BCUT2D eigenvalue weighted by Crippen LogP contribution is 2.30. The summed E-state index contributed by atoms with van der Waals surface area (Å²) in [5.41, 5.74) is 2.31. The van der Waals surface area contributed by atoms with Crippen LogP contribution in [0.3, 0.4) is 0 Å². The normalized spacial score (nSPS) is 24.1. The molecule has 1 fully saturated rings. The summed E-state index contributed by atoms with van der Waals surface area (Å²) in [6, 6.07) is 6.19. The van der Waals surface area contributed by atoms with E-state index in [0.29, 0.717) is 29.9 Å². The molecule has 0 radical (unpaired) electrons. The largest absolute Gasteiger partial charge is 0.485 e. The van der Waals surface area contributed by atoms with Crippen molar-refractivity contribution in [3.05, 3.63) is 36.0 Å². The molecule has 2 N–H and O–H groups in total. The van der Waals surface area contributed by atoms with E-state index in [2.05, 4.69) is 42.9 Å². The molecule has 2 aliphatic heterocycles. The van der Waals surface area contributed by atoms with Gasteiger partial charge in [0.1, 0.15) is 12.4 Å². The van der Waals surface area contributed by atoms with Gasteiger partial charge in [-0.1, -0.05) is 13.5 Å². The average Bonchev–Trinajstić information content (AvgIpc) is 2.88. The number of hydrogen-bond acceptors (Lipinski definition) is 4. The number of amides is 1. The van der Waals surface area contributed by atoms with Crippen molar-refractivity contribution in [1.82, 2.24) is 10.2 Å². The smallest absolute Gasteiger partial charge is 0.251 e. The second-order valence-corrected chi connectivity index (χ2v) is 6.83. The first-order valence-corrected chi connectivity index (χ1v) is 8.20. The van der Waals surface area contributed by atoms with Crippen molar-refractivity contribution in [1.29, 1.82) is 0 Å². The van der Waals surface area contributed by atoms with E-state index >= 15 is 0 Å². The van der Waals surface area contributed by atoms with Crippen LogP contribution < -0.4 is 15.4 Å². The molecule has 0 aromatic heterocycles. The third kappa shape index (κ3) is 3.34. The third-order valence-corrected chi connectivity index (χ3v) is 4.64. The number of rotatable bonds is 3. The first-order valence-electron chi connectivity index (χ1n) is 8.20. The van der Waals surface area contributed by atoms with Crippen molar-refractivity contribution in [2.75, 3.05) is 25.0 Å². The Bertz CT molecular complexity index is 627. The number of carbonyl (C=O) groups excluding carboxylic acids is 1. The van der Waals surface area contributed by atoms with Crippen LogP contribution in [-0.2, 0) is 0 Å². The number of likely N-dealkylation sites (tertiary alicyclic amines) is 1. The molecule has 2 heterocycles. The molecule has 0 saturated carbocycles. The predicted octanol–water partition coefficient (Wildman–Crippen LogP) is 2.46. The zero-order valence-corrected chi connectivity index (χ0v) is 14.1. The van der Waals surface area contributed by atoms with Crippen LogP contribution in [0.4, 0.5) is 5.69 Å². The average molecular weight is 315 g/mol. The maximum atomic E-state index is 12.5. The summed E-state index contributed by atoms with van der Waals surface area (Å²) in [4.78, 5) is 15.0. The van der Waals surface area contributed by atoms with E-state index in [1.54, 1.807) is 6.07 Å². The van der Waals surface area contributed by atoms with Crippen molar-refractivity contribution in [3.8, 4) is 5.75 Å². The van der Waals surface area contributed by atoms with Crippen LogP contribution in [-0.4, -0.2) is 42.6 Å². The van der Waals surface area contributed by atoms with Crippen LogP contribution >= 0.6 is 0 Å². The molecule has 23 heavy (non-hydrogen) atoms. The Hall–Kier alpha value is -2.01. The lowest BCUT2D eigenvalue weighted by Crippen LogP contribution is -2.40. The minimum atomic E-state index is -0.0387. The molecule has 2 atom stereocenters. The molecule has 0 bridgehead atoms. The highest BCUT2D eigenvalue weighted by molar-refractivity contribution is 5.95. The Morgan fingerprint density at radius 3 is 2.91 bits per heavy atom. The van der Waals surface area contributed by atoms with Crippen LogP contribution in [0.25, 0.3) is 0 Å². The number of nitrogens with one attached hydrogen (secondary N) is 2. The van der Waals surface area contributed by atoms with Gasteiger partial charge in [0.15, 0.2) is 0 Å². The molecule has 124 valence electrons. The molecule has 5 heteroatoms. The zero-order chi connectivity index (χ0) is 16.6. The first kappa shape index (κ1) is 15.9. The summed E-state index contributed by atoms with van der Waals surface area (Å²) in [6.45, 7) is 12.8. The maximum absolute atomic E-state index is 12.5. The van der Waals surface area contributed by atoms with Gasteiger partial charge >= 0.3 is 0 Å². The minimum absolute atomic E-state index is 0.0387. The summed E-state index contributed by atoms with van der Waals surface area (Å²) < 4.78 is 5.62. The Morgan fingerprint density at radius 1 is 1.43 bits per heavy atom. The van der Waals surface area contributed by atoms with E-state index in [-0.39, 0.29) is 11.9 Å². The topological polar surface area (TPSA) is 53.6 Å². The Balaban J connectivity index is 1.68. The molecule has 2 aliphatic rings. The van der Waals surface area contributed by atoms with Gasteiger partial charge in [-0.2, -0.15) is 0 Å². The van der Waals surface area contributed by atoms with E-state index in [0.717, 1.165) is 24.5 Å². The lowest BCUT2D eigenvalue weighted by molar-refractivity contribution is 0.0930. The highest BCUT2D eigenvalue weighted by atomic mass is 16.5. The molecule has 1 amide bonds. The molecule has 0 spiro atoms. The van der Waals surface area contributed by atoms with Gasteiger partial charge in [0.2, 0.25) is 0 Å². The standard InChI is InChI=1S/C18H25N3O2/c1-11(2)21-8-12(3)16(9-21)20-18(22)14-5-6-15-17(7-14)23-10-13(4)19-15/h5-7,11-12,16,19H,4,8-10H2,1-3H3,(H,20,22)/t12-,16+/m0/s1. The van der Waals surface area contributed by atoms with E-state index in [1.165, 1.54) is 0 Å². The summed E-state index contributed by atoms with van der Waals surface area (Å²) in [7, 11) is 0. The molecule has 0 aliphatic carbocycles. The SMILES string of the molecule is C=C1COc2cc(C(=O)N[C@@H]3CN(C(C)C)C[C@@H]3C)ccc2N1. The number of fused-ring (bicyclic) bond motifs is 1. The van der Waals surface area contributed by atoms with Gasteiger partial charge in [0, 0.05) is 36.4 Å². The quantitative estimate of drug-likeness (QED) is 0.900. The van der Waals surface area contributed by atoms with Gasteiger partial charge in [-0.15, -0.1) is 0 Å². The van der Waals surface area contributed by atoms with Gasteiger partial charge < -0.3 is 15.4 Å². The maximum Gasteiger partial charge on any atom is 0.251 e. The van der Waals surface area contributed by atoms with Crippen LogP contribution in [0.2, 0.25) is 0 Å². The molecular weight excluding hydrogens is 290 g/mol. The van der Waals surface area contributed by atoms with Gasteiger partial charge in [-0.05, 0) is 38.0 Å². The van der Waals surface area contributed by atoms with Crippen LogP contribution in [0.15, 0.2) is 30.5 Å². The fourth-order valence-corrected chi connectivity index (χ4v) is 3.14. The molecule has 1 aromatic carbocycles. The zero-order valence-electron chi connectivity index (χ0n) is 14.1. The van der Waals surface area contributed by atoms with Crippen molar-refractivity contribution >= 4 is 11.6 Å². The molecule has 5 nitrogen and oxygen atoms in total. The molecule has 1 saturated heterocycles. The van der Waals surface area contributed by atoms with Gasteiger partial charge in [0.05, 0.1) is 5.69 Å². The molecule has 0 unspecified atom stereocenters. The fraction of sp³-hybridized carbons (Fsp3) is 0.500. The van der Waals surface area contributed by atoms with Crippen molar-refractivity contribution < 1.29 is 9.53 Å². The van der Waals surface area contributed by atoms with E-state index in [1.807, 2.05) is 12.1 Å². The lowest BCUT2D eigenvalue weighted by atomic mass is 10.1. The van der Waals surface area contributed by atoms with Crippen molar-refractivity contribution in [3.63, 3.8) is 0 Å². The Kier molecular flexibility index (Phi) is 4.31. The van der Waals surface area contributed by atoms with Crippen molar-refractivity contribution in [2.24, 2.45) is 5.92 Å². The number of nitrogens with zero attached hydrogens (tertiary/aromatic N) is 1. The first-order chi connectivity index (χ1) is 10.9. The summed E-state index contributed by atoms with van der Waals surface area (Å²) in [6.07, 6.45) is 0. The van der Waals surface area contributed by atoms with E-state index in [4.69, 9.17) is 4.74 Å². The third-order valence-electron chi connectivity index (χ3n) is 4.64. The van der Waals surface area contributed by atoms with Crippen LogP contribution in [0.5, 0.6) is 5.75 Å².